The van der Waals surface area contributed by atoms with Gasteiger partial charge in [-0.05, 0) is 28.1 Å². The van der Waals surface area contributed by atoms with Crippen LogP contribution in [0, 0.1) is 0 Å². The van der Waals surface area contributed by atoms with Crippen LogP contribution in [0.2, 0.25) is 0 Å². The number of phenols is 1. The van der Waals surface area contributed by atoms with Gasteiger partial charge in [0.2, 0.25) is 0 Å². The Bertz CT molecular complexity index is 481. The molecule has 0 aliphatic carbocycles. The molecule has 0 spiro atoms. The number of rotatable bonds is 0. The van der Waals surface area contributed by atoms with Crippen molar-refractivity contribution < 1.29 is 22.7 Å². The highest BCUT2D eigenvalue weighted by Crippen LogP contribution is 2.36. The molecule has 80 valence electrons. The topological polar surface area (TPSA) is 46.3 Å². The van der Waals surface area contributed by atoms with Gasteiger partial charge in [0.25, 0.3) is 0 Å². The van der Waals surface area contributed by atoms with Crippen LogP contribution in [-0.4, -0.2) is 10.1 Å². The second-order valence-corrected chi connectivity index (χ2v) is 3.62. The fraction of sp³-hybridized carbons (Fsp3) is 0.125. The minimum absolute atomic E-state index is 0.123. The van der Waals surface area contributed by atoms with Gasteiger partial charge in [-0.3, -0.25) is 0 Å². The maximum atomic E-state index is 12.2. The highest BCUT2D eigenvalue weighted by molar-refractivity contribution is 9.10. The van der Waals surface area contributed by atoms with E-state index in [0.29, 0.717) is 4.47 Å². The van der Waals surface area contributed by atoms with Gasteiger partial charge in [-0.15, -0.1) is 0 Å². The fourth-order valence-corrected chi connectivity index (χ4v) is 1.48. The Morgan fingerprint density at radius 2 is 2.00 bits per heavy atom. The lowest BCUT2D eigenvalue weighted by molar-refractivity contribution is -0.156. The minimum atomic E-state index is -4.66. The normalized spacial score (nSPS) is 12.3. The Balaban J connectivity index is 2.76. The maximum absolute atomic E-state index is 12.2. The van der Waals surface area contributed by atoms with Crippen molar-refractivity contribution in [1.29, 1.82) is 0 Å². The smallest absolute Gasteiger partial charge is 0.468 e. The molecule has 0 atom stereocenters. The van der Waals surface area contributed by atoms with Crippen LogP contribution in [0.25, 0.3) is 11.1 Å². The van der Waals surface area contributed by atoms with Gasteiger partial charge in [-0.1, -0.05) is 0 Å². The average Bonchev–Trinajstić information content (AvgIpc) is 2.56. The number of aromatic nitrogens is 1. The third-order valence-electron chi connectivity index (χ3n) is 1.72. The summed E-state index contributed by atoms with van der Waals surface area (Å²) in [6.45, 7) is 0. The van der Waals surface area contributed by atoms with Gasteiger partial charge in [0, 0.05) is 0 Å². The van der Waals surface area contributed by atoms with E-state index in [-0.39, 0.29) is 16.8 Å². The molecular weight excluding hydrogens is 279 g/mol. The van der Waals surface area contributed by atoms with E-state index in [0.717, 1.165) is 0 Å². The summed E-state index contributed by atoms with van der Waals surface area (Å²) in [5.74, 6) is -1.73. The standard InChI is InChI=1S/C8H3BrF3NO2/c9-3-1-2-4(14)5-6(3)15-7(13-5)8(10,11)12/h1-2,14H. The number of nitrogens with zero attached hydrogens (tertiary/aromatic N) is 1. The summed E-state index contributed by atoms with van der Waals surface area (Å²) >= 11 is 3.00. The molecule has 0 radical (unpaired) electrons. The first kappa shape index (κ1) is 10.3. The fourth-order valence-electron chi connectivity index (χ4n) is 1.08. The van der Waals surface area contributed by atoms with E-state index in [1.54, 1.807) is 0 Å². The van der Waals surface area contributed by atoms with E-state index < -0.39 is 12.1 Å². The molecule has 1 aromatic carbocycles. The summed E-state index contributed by atoms with van der Waals surface area (Å²) < 4.78 is 41.5. The van der Waals surface area contributed by atoms with Crippen molar-refractivity contribution in [2.45, 2.75) is 6.18 Å². The SMILES string of the molecule is Oc1ccc(Br)c2oc(C(F)(F)F)nc12. The summed E-state index contributed by atoms with van der Waals surface area (Å²) in [4.78, 5) is 3.17. The van der Waals surface area contributed by atoms with Crippen LogP contribution in [0.1, 0.15) is 5.89 Å². The molecule has 15 heavy (non-hydrogen) atoms. The minimum Gasteiger partial charge on any atom is -0.506 e. The molecule has 0 fully saturated rings. The summed E-state index contributed by atoms with van der Waals surface area (Å²) in [5, 5.41) is 9.26. The molecule has 3 nitrogen and oxygen atoms in total. The number of oxazole rings is 1. The molecule has 1 heterocycles. The molecule has 0 amide bonds. The van der Waals surface area contributed by atoms with Crippen molar-refractivity contribution in [2.24, 2.45) is 0 Å². The molecule has 0 saturated carbocycles. The Kier molecular flexibility index (Phi) is 2.14. The number of phenolic OH excluding ortho intramolecular Hbond substituents is 1. The second kappa shape index (κ2) is 3.13. The Morgan fingerprint density at radius 1 is 1.33 bits per heavy atom. The Labute approximate surface area is 89.7 Å². The summed E-state index contributed by atoms with van der Waals surface area (Å²) in [7, 11) is 0. The van der Waals surface area contributed by atoms with Gasteiger partial charge in [-0.25, -0.2) is 4.98 Å². The molecule has 1 N–H and O–H groups in total. The van der Waals surface area contributed by atoms with E-state index in [2.05, 4.69) is 25.3 Å². The molecular formula is C8H3BrF3NO2. The van der Waals surface area contributed by atoms with Crippen LogP contribution < -0.4 is 0 Å². The van der Waals surface area contributed by atoms with Crippen molar-refractivity contribution in [3.05, 3.63) is 22.5 Å². The van der Waals surface area contributed by atoms with Crippen molar-refractivity contribution in [3.63, 3.8) is 0 Å². The Hall–Kier alpha value is -1.24. The first-order valence-electron chi connectivity index (χ1n) is 3.75. The monoisotopic (exact) mass is 281 g/mol. The highest BCUT2D eigenvalue weighted by atomic mass is 79.9. The molecule has 2 aromatic rings. The second-order valence-electron chi connectivity index (χ2n) is 2.76. The summed E-state index contributed by atoms with van der Waals surface area (Å²) in [5.41, 5.74) is -0.334. The predicted molar refractivity (Wildman–Crippen MR) is 48.4 cm³/mol. The zero-order valence-corrected chi connectivity index (χ0v) is 8.56. The third kappa shape index (κ3) is 1.67. The lowest BCUT2D eigenvalue weighted by Gasteiger charge is -1.97. The van der Waals surface area contributed by atoms with Crippen LogP contribution in [-0.2, 0) is 6.18 Å². The average molecular weight is 282 g/mol. The first-order valence-corrected chi connectivity index (χ1v) is 4.54. The molecule has 2 rings (SSSR count). The number of hydrogen-bond acceptors (Lipinski definition) is 3. The van der Waals surface area contributed by atoms with Gasteiger partial charge in [0.1, 0.15) is 5.75 Å². The van der Waals surface area contributed by atoms with Gasteiger partial charge in [-0.2, -0.15) is 13.2 Å². The van der Waals surface area contributed by atoms with Gasteiger partial charge < -0.3 is 9.52 Å². The van der Waals surface area contributed by atoms with Crippen LogP contribution in [0.3, 0.4) is 0 Å². The number of fused-ring (bicyclic) bond motifs is 1. The lowest BCUT2D eigenvalue weighted by Crippen LogP contribution is -2.04. The Morgan fingerprint density at radius 3 is 2.53 bits per heavy atom. The lowest BCUT2D eigenvalue weighted by atomic mass is 10.3. The van der Waals surface area contributed by atoms with E-state index in [9.17, 15) is 18.3 Å². The molecule has 0 aliphatic rings. The van der Waals surface area contributed by atoms with Gasteiger partial charge >= 0.3 is 12.1 Å². The van der Waals surface area contributed by atoms with Crippen LogP contribution in [0.15, 0.2) is 21.0 Å². The van der Waals surface area contributed by atoms with Crippen molar-refractivity contribution in [1.82, 2.24) is 4.98 Å². The van der Waals surface area contributed by atoms with E-state index in [4.69, 9.17) is 0 Å². The summed E-state index contributed by atoms with van der Waals surface area (Å²) in [6.07, 6.45) is -4.66. The first-order chi connectivity index (χ1) is 6.89. The molecule has 0 saturated heterocycles. The molecule has 1 aromatic heterocycles. The van der Waals surface area contributed by atoms with E-state index >= 15 is 0 Å². The number of hydrogen-bond donors (Lipinski definition) is 1. The van der Waals surface area contributed by atoms with E-state index in [1.165, 1.54) is 12.1 Å². The highest BCUT2D eigenvalue weighted by Gasteiger charge is 2.38. The van der Waals surface area contributed by atoms with Crippen molar-refractivity contribution in [3.8, 4) is 5.75 Å². The molecule has 0 unspecified atom stereocenters. The summed E-state index contributed by atoms with van der Waals surface area (Å²) in [6, 6.07) is 2.61. The zero-order valence-electron chi connectivity index (χ0n) is 6.97. The van der Waals surface area contributed by atoms with Crippen molar-refractivity contribution >= 4 is 27.0 Å². The zero-order chi connectivity index (χ0) is 11.2. The molecule has 0 bridgehead atoms. The van der Waals surface area contributed by atoms with Gasteiger partial charge in [0.15, 0.2) is 11.1 Å². The van der Waals surface area contributed by atoms with E-state index in [1.807, 2.05) is 0 Å². The predicted octanol–water partition coefficient (Wildman–Crippen LogP) is 3.31. The molecule has 0 aliphatic heterocycles. The van der Waals surface area contributed by atoms with Crippen LogP contribution >= 0.6 is 15.9 Å². The van der Waals surface area contributed by atoms with Crippen molar-refractivity contribution in [2.75, 3.05) is 0 Å². The quantitative estimate of drug-likeness (QED) is 0.806. The van der Waals surface area contributed by atoms with Crippen LogP contribution in [0.5, 0.6) is 5.75 Å². The largest absolute Gasteiger partial charge is 0.506 e. The van der Waals surface area contributed by atoms with Crippen LogP contribution in [0.4, 0.5) is 13.2 Å². The molecule has 7 heteroatoms. The van der Waals surface area contributed by atoms with Gasteiger partial charge in [0.05, 0.1) is 4.47 Å². The number of alkyl halides is 3. The number of halogens is 4. The number of aromatic hydroxyl groups is 1. The third-order valence-corrected chi connectivity index (χ3v) is 2.34. The maximum Gasteiger partial charge on any atom is 0.468 e. The number of benzene rings is 1.